The van der Waals surface area contributed by atoms with Gasteiger partial charge in [0.25, 0.3) is 0 Å². The Labute approximate surface area is 225 Å². The van der Waals surface area contributed by atoms with Crippen LogP contribution in [0.2, 0.25) is 0 Å². The van der Waals surface area contributed by atoms with E-state index in [-0.39, 0.29) is 0 Å². The molecular formula is C36H62. The maximum atomic E-state index is 2.58. The molecule has 0 saturated heterocycles. The van der Waals surface area contributed by atoms with Crippen molar-refractivity contribution in [2.45, 2.75) is 122 Å². The number of rotatable bonds is 2. The first-order chi connectivity index (χ1) is 16.6. The molecule has 0 heteroatoms. The molecule has 0 heterocycles. The van der Waals surface area contributed by atoms with Gasteiger partial charge in [0.1, 0.15) is 0 Å². The SMILES string of the molecule is CC1C(C)C2CC1C1C2C2CC1C(C)(C)C2(C)C.CCCC1CC(C)C2C1C1CC2C(C)(C)C1(C)C. The molecule has 14 atom stereocenters. The van der Waals surface area contributed by atoms with Crippen LogP contribution in [0.4, 0.5) is 0 Å². The van der Waals surface area contributed by atoms with Crippen molar-refractivity contribution in [2.24, 2.45) is 105 Å². The van der Waals surface area contributed by atoms with Gasteiger partial charge in [0.2, 0.25) is 0 Å². The van der Waals surface area contributed by atoms with Crippen LogP contribution in [-0.2, 0) is 0 Å². The monoisotopic (exact) mass is 494 g/mol. The van der Waals surface area contributed by atoms with Crippen LogP contribution in [0, 0.1) is 105 Å². The van der Waals surface area contributed by atoms with Crippen LogP contribution in [-0.4, -0.2) is 0 Å². The fraction of sp³-hybridized carbons (Fsp3) is 1.00. The van der Waals surface area contributed by atoms with E-state index in [1.165, 1.54) is 19.3 Å². The molecule has 0 spiro atoms. The summed E-state index contributed by atoms with van der Waals surface area (Å²) < 4.78 is 0. The second-order valence-electron chi connectivity index (χ2n) is 18.1. The van der Waals surface area contributed by atoms with Gasteiger partial charge in [-0.15, -0.1) is 0 Å². The lowest BCUT2D eigenvalue weighted by Crippen LogP contribution is -2.50. The third-order valence-electron chi connectivity index (χ3n) is 17.0. The van der Waals surface area contributed by atoms with E-state index in [1.54, 1.807) is 19.3 Å². The fourth-order valence-electron chi connectivity index (χ4n) is 13.9. The first kappa shape index (κ1) is 26.2. The van der Waals surface area contributed by atoms with E-state index in [9.17, 15) is 0 Å². The first-order valence-corrected chi connectivity index (χ1v) is 16.6. The van der Waals surface area contributed by atoms with E-state index in [4.69, 9.17) is 0 Å². The molecule has 0 aromatic rings. The molecule has 7 saturated carbocycles. The summed E-state index contributed by atoms with van der Waals surface area (Å²) >= 11 is 0. The summed E-state index contributed by atoms with van der Waals surface area (Å²) in [5.41, 5.74) is 2.28. The van der Waals surface area contributed by atoms with Crippen molar-refractivity contribution in [1.29, 1.82) is 0 Å². The third kappa shape index (κ3) is 2.90. The molecule has 14 unspecified atom stereocenters. The molecule has 206 valence electrons. The summed E-state index contributed by atoms with van der Waals surface area (Å²) in [6, 6.07) is 0. The Morgan fingerprint density at radius 2 is 0.889 bits per heavy atom. The second-order valence-corrected chi connectivity index (χ2v) is 18.1. The lowest BCUT2D eigenvalue weighted by Gasteiger charge is -2.55. The van der Waals surface area contributed by atoms with Gasteiger partial charge in [0.15, 0.2) is 0 Å². The van der Waals surface area contributed by atoms with Crippen LogP contribution >= 0.6 is 0 Å². The van der Waals surface area contributed by atoms with Crippen LogP contribution < -0.4 is 0 Å². The highest BCUT2D eigenvalue weighted by molar-refractivity contribution is 5.21. The zero-order valence-corrected chi connectivity index (χ0v) is 26.3. The van der Waals surface area contributed by atoms with Gasteiger partial charge < -0.3 is 0 Å². The van der Waals surface area contributed by atoms with Gasteiger partial charge in [-0.05, 0) is 130 Å². The first-order valence-electron chi connectivity index (χ1n) is 16.6. The van der Waals surface area contributed by atoms with Crippen molar-refractivity contribution < 1.29 is 0 Å². The average Bonchev–Trinajstić information content (AvgIpc) is 3.58. The Kier molecular flexibility index (Phi) is 5.69. The van der Waals surface area contributed by atoms with Gasteiger partial charge in [-0.25, -0.2) is 0 Å². The molecular weight excluding hydrogens is 432 g/mol. The van der Waals surface area contributed by atoms with Crippen LogP contribution in [0.1, 0.15) is 122 Å². The smallest absolute Gasteiger partial charge is 0.0269 e. The van der Waals surface area contributed by atoms with Crippen molar-refractivity contribution in [3.63, 3.8) is 0 Å². The van der Waals surface area contributed by atoms with E-state index < -0.39 is 0 Å². The van der Waals surface area contributed by atoms with E-state index in [2.05, 4.69) is 83.1 Å². The van der Waals surface area contributed by atoms with E-state index >= 15 is 0 Å². The summed E-state index contributed by atoms with van der Waals surface area (Å²) in [5, 5.41) is 0. The summed E-state index contributed by atoms with van der Waals surface area (Å²) in [5.74, 6) is 14.7. The Morgan fingerprint density at radius 1 is 0.500 bits per heavy atom. The summed E-state index contributed by atoms with van der Waals surface area (Å²) in [4.78, 5) is 0. The molecule has 7 fully saturated rings. The van der Waals surface area contributed by atoms with Gasteiger partial charge in [-0.3, -0.25) is 0 Å². The Bertz CT molecular complexity index is 825. The number of fused-ring (bicyclic) bond motifs is 14. The lowest BCUT2D eigenvalue weighted by molar-refractivity contribution is -0.0704. The van der Waals surface area contributed by atoms with Gasteiger partial charge >= 0.3 is 0 Å². The standard InChI is InChI=1S/C18H30.C18H32/c1-9-10(2)12-7-11(9)15-13-8-14(16(12)15)18(5,6)17(13,3)4;1-7-8-12-9-11(2)15-13-10-14(16(12)15)18(5,6)17(13,3)4/h9-16H,7-8H2,1-6H3;11-16H,7-10H2,1-6H3. The molecule has 0 aliphatic heterocycles. The van der Waals surface area contributed by atoms with Gasteiger partial charge in [-0.1, -0.05) is 95.9 Å². The van der Waals surface area contributed by atoms with Crippen molar-refractivity contribution in [2.75, 3.05) is 0 Å². The average molecular weight is 495 g/mol. The zero-order chi connectivity index (χ0) is 26.3. The third-order valence-corrected chi connectivity index (χ3v) is 17.0. The van der Waals surface area contributed by atoms with Gasteiger partial charge in [0, 0.05) is 0 Å². The topological polar surface area (TPSA) is 0 Å². The van der Waals surface area contributed by atoms with Gasteiger partial charge in [0.05, 0.1) is 0 Å². The van der Waals surface area contributed by atoms with Gasteiger partial charge in [-0.2, -0.15) is 0 Å². The quantitative estimate of drug-likeness (QED) is 0.335. The minimum atomic E-state index is 0.564. The minimum Gasteiger partial charge on any atom is -0.0654 e. The normalized spacial score (nSPS) is 57.0. The zero-order valence-electron chi connectivity index (χ0n) is 26.3. The molecule has 7 aliphatic carbocycles. The molecule has 0 radical (unpaired) electrons. The predicted molar refractivity (Wildman–Crippen MR) is 154 cm³/mol. The Balaban J connectivity index is 0.000000133. The van der Waals surface area contributed by atoms with Crippen molar-refractivity contribution in [3.05, 3.63) is 0 Å². The highest BCUT2D eigenvalue weighted by Crippen LogP contribution is 2.78. The molecule has 0 nitrogen and oxygen atoms in total. The molecule has 7 rings (SSSR count). The van der Waals surface area contributed by atoms with Crippen molar-refractivity contribution in [1.82, 2.24) is 0 Å². The Morgan fingerprint density at radius 3 is 1.31 bits per heavy atom. The highest BCUT2D eigenvalue weighted by atomic mass is 14.8. The van der Waals surface area contributed by atoms with E-state index in [0.717, 1.165) is 82.9 Å². The van der Waals surface area contributed by atoms with Crippen LogP contribution in [0.25, 0.3) is 0 Å². The molecule has 0 aromatic heterocycles. The molecule has 0 amide bonds. The molecule has 0 aromatic carbocycles. The maximum absolute atomic E-state index is 2.58. The lowest BCUT2D eigenvalue weighted by atomic mass is 9.50. The van der Waals surface area contributed by atoms with Crippen molar-refractivity contribution >= 4 is 0 Å². The highest BCUT2D eigenvalue weighted by Gasteiger charge is 2.73. The van der Waals surface area contributed by atoms with Crippen LogP contribution in [0.5, 0.6) is 0 Å². The second kappa shape index (κ2) is 7.80. The van der Waals surface area contributed by atoms with E-state index in [0.29, 0.717) is 21.7 Å². The number of hydrogen-bond acceptors (Lipinski definition) is 0. The molecule has 36 heavy (non-hydrogen) atoms. The summed E-state index contributed by atoms with van der Waals surface area (Å²) in [6.07, 6.45) is 9.09. The molecule has 6 bridgehead atoms. The predicted octanol–water partition coefficient (Wildman–Crippen LogP) is 10.2. The Hall–Kier alpha value is 0. The number of hydrogen-bond donors (Lipinski definition) is 0. The molecule has 7 aliphatic rings. The fourth-order valence-corrected chi connectivity index (χ4v) is 13.9. The summed E-state index contributed by atoms with van der Waals surface area (Å²) in [7, 11) is 0. The summed E-state index contributed by atoms with van der Waals surface area (Å²) in [6.45, 7) is 30.6. The van der Waals surface area contributed by atoms with Crippen LogP contribution in [0.15, 0.2) is 0 Å². The van der Waals surface area contributed by atoms with Crippen LogP contribution in [0.3, 0.4) is 0 Å². The maximum Gasteiger partial charge on any atom is -0.0269 e. The van der Waals surface area contributed by atoms with Crippen molar-refractivity contribution in [3.8, 4) is 0 Å². The van der Waals surface area contributed by atoms with E-state index in [1.807, 2.05) is 0 Å². The minimum absolute atomic E-state index is 0.564. The largest absolute Gasteiger partial charge is 0.0654 e. The molecule has 0 N–H and O–H groups in total.